The first-order valence-electron chi connectivity index (χ1n) is 8.93. The van der Waals surface area contributed by atoms with E-state index in [1.54, 1.807) is 19.1 Å². The van der Waals surface area contributed by atoms with Gasteiger partial charge in [-0.05, 0) is 18.6 Å². The van der Waals surface area contributed by atoms with E-state index in [9.17, 15) is 33.9 Å². The van der Waals surface area contributed by atoms with Gasteiger partial charge in [0.2, 0.25) is 5.75 Å². The molecule has 206 valence electrons. The van der Waals surface area contributed by atoms with Gasteiger partial charge in [0.25, 0.3) is 0 Å². The number of hydrogen-bond acceptors (Lipinski definition) is 10. The van der Waals surface area contributed by atoms with Gasteiger partial charge in [-0.1, -0.05) is 23.7 Å². The highest BCUT2D eigenvalue weighted by molar-refractivity contribution is 7.60. The van der Waals surface area contributed by atoms with Crippen LogP contribution in [0.5, 0.6) is 17.2 Å². The number of carbonyl (C=O) groups is 2. The van der Waals surface area contributed by atoms with Crippen LogP contribution in [0.15, 0.2) is 24.3 Å². The zero-order chi connectivity index (χ0) is 29.3. The van der Waals surface area contributed by atoms with Crippen LogP contribution in [-0.4, -0.2) is 66.0 Å². The van der Waals surface area contributed by atoms with Crippen molar-refractivity contribution in [1.82, 2.24) is 0 Å². The quantitative estimate of drug-likeness (QED) is 0.138. The van der Waals surface area contributed by atoms with Gasteiger partial charge in [0.1, 0.15) is 11.3 Å². The Morgan fingerprint density at radius 1 is 0.973 bits per heavy atom. The highest BCUT2D eigenvalue weighted by atomic mass is 35.5. The van der Waals surface area contributed by atoms with Crippen molar-refractivity contribution >= 4 is 44.9 Å². The number of ether oxygens (including phenoxy) is 2. The normalized spacial score (nSPS) is 10.7. The van der Waals surface area contributed by atoms with E-state index in [0.29, 0.717) is 5.56 Å². The standard InChI is InChI=1S/C9H8ClNO6.C8H8O3.H4O7P2/c1-16-7-4(10)3-5(11(14)15)8(17-2)6(7)9(12)13;1-5-3-2-4-6(7(5)9)8(10)11;1-8(2,3)7-9(4,5)6/h3H,1-2H3,(H,12,13);2-4,9H,1H3,(H,10,11);(H2,1,2,3)(H2,4,5,6). The van der Waals surface area contributed by atoms with Crippen molar-refractivity contribution in [2.24, 2.45) is 0 Å². The molecule has 2 aromatic rings. The third kappa shape index (κ3) is 11.1. The summed E-state index contributed by atoms with van der Waals surface area (Å²) in [7, 11) is -7.77. The minimum Gasteiger partial charge on any atom is -0.507 e. The van der Waals surface area contributed by atoms with E-state index >= 15 is 0 Å². The summed E-state index contributed by atoms with van der Waals surface area (Å²) in [6.45, 7) is 1.65. The molecule has 20 heteroatoms. The third-order valence-corrected chi connectivity index (χ3v) is 5.65. The molecule has 37 heavy (non-hydrogen) atoms. The molecule has 2 rings (SSSR count). The molecule has 0 amide bonds. The molecule has 2 aromatic carbocycles. The van der Waals surface area contributed by atoms with E-state index < -0.39 is 49.5 Å². The Morgan fingerprint density at radius 3 is 1.76 bits per heavy atom. The van der Waals surface area contributed by atoms with Crippen LogP contribution in [-0.2, 0) is 13.4 Å². The zero-order valence-electron chi connectivity index (χ0n) is 18.8. The Morgan fingerprint density at radius 2 is 1.46 bits per heavy atom. The number of nitro benzene ring substituents is 1. The molecule has 0 radical (unpaired) electrons. The molecule has 0 saturated carbocycles. The predicted octanol–water partition coefficient (Wildman–Crippen LogP) is 2.55. The van der Waals surface area contributed by atoms with Crippen molar-refractivity contribution in [2.75, 3.05) is 14.2 Å². The number of para-hydroxylation sites is 1. The summed E-state index contributed by atoms with van der Waals surface area (Å²) in [4.78, 5) is 62.4. The van der Waals surface area contributed by atoms with Gasteiger partial charge < -0.3 is 44.4 Å². The van der Waals surface area contributed by atoms with Crippen molar-refractivity contribution in [3.8, 4) is 17.2 Å². The second kappa shape index (κ2) is 13.9. The van der Waals surface area contributed by atoms with Gasteiger partial charge in [-0.15, -0.1) is 0 Å². The molecule has 0 spiro atoms. The molecule has 17 nitrogen and oxygen atoms in total. The lowest BCUT2D eigenvalue weighted by Crippen LogP contribution is -2.07. The number of aromatic carboxylic acids is 2. The van der Waals surface area contributed by atoms with Crippen LogP contribution in [0, 0.1) is 17.0 Å². The summed E-state index contributed by atoms with van der Waals surface area (Å²) in [5.41, 5.74) is -0.486. The van der Waals surface area contributed by atoms with E-state index in [1.165, 1.54) is 13.2 Å². The molecule has 0 heterocycles. The summed E-state index contributed by atoms with van der Waals surface area (Å²) in [5, 5.41) is 37.3. The number of aryl methyl sites for hydroxylation is 1. The fraction of sp³-hybridized carbons (Fsp3) is 0.176. The van der Waals surface area contributed by atoms with Gasteiger partial charge in [0.05, 0.1) is 24.2 Å². The van der Waals surface area contributed by atoms with Gasteiger partial charge in [0, 0.05) is 6.07 Å². The van der Waals surface area contributed by atoms with Gasteiger partial charge in [-0.25, -0.2) is 18.7 Å². The summed E-state index contributed by atoms with van der Waals surface area (Å²) < 4.78 is 31.7. The highest BCUT2D eigenvalue weighted by Gasteiger charge is 2.30. The topological polar surface area (TPSA) is 281 Å². The van der Waals surface area contributed by atoms with Crippen LogP contribution in [0.1, 0.15) is 26.3 Å². The maximum atomic E-state index is 11.0. The van der Waals surface area contributed by atoms with E-state index in [2.05, 4.69) is 4.31 Å². The molecule has 0 aromatic heterocycles. The molecule has 0 atom stereocenters. The Hall–Kier alpha value is -3.27. The van der Waals surface area contributed by atoms with Crippen molar-refractivity contribution in [3.05, 3.63) is 56.1 Å². The van der Waals surface area contributed by atoms with Crippen molar-refractivity contribution < 1.29 is 72.3 Å². The molecule has 0 saturated heterocycles. The second-order valence-corrected chi connectivity index (χ2v) is 9.24. The van der Waals surface area contributed by atoms with Crippen LogP contribution >= 0.6 is 27.2 Å². The first kappa shape index (κ1) is 33.7. The Bertz CT molecular complexity index is 1230. The second-order valence-electron chi connectivity index (χ2n) is 6.22. The number of nitrogens with zero attached hydrogens (tertiary/aromatic N) is 1. The number of methoxy groups -OCH3 is 2. The van der Waals surface area contributed by atoms with Crippen LogP contribution < -0.4 is 9.47 Å². The SMILES string of the molecule is COc1c(Cl)cc([N+](=O)[O-])c(OC)c1C(=O)O.Cc1cccc(C(=O)O)c1O.O=P(O)(O)OP(=O)(O)O. The number of aromatic hydroxyl groups is 1. The first-order chi connectivity index (χ1) is 16.8. The van der Waals surface area contributed by atoms with E-state index in [0.717, 1.165) is 13.2 Å². The van der Waals surface area contributed by atoms with E-state index in [4.69, 9.17) is 50.9 Å². The number of nitro groups is 1. The number of benzene rings is 2. The minimum atomic E-state index is -5.05. The molecule has 0 aliphatic heterocycles. The maximum Gasteiger partial charge on any atom is 0.478 e. The minimum absolute atomic E-state index is 0.0509. The van der Waals surface area contributed by atoms with Crippen LogP contribution in [0.3, 0.4) is 0 Å². The summed E-state index contributed by atoms with van der Waals surface area (Å²) in [5.74, 6) is -3.26. The lowest BCUT2D eigenvalue weighted by Gasteiger charge is -2.11. The average molecular weight is 592 g/mol. The van der Waals surface area contributed by atoms with Gasteiger partial charge >= 0.3 is 33.3 Å². The maximum absolute atomic E-state index is 11.0. The van der Waals surface area contributed by atoms with E-state index in [-0.39, 0.29) is 22.1 Å². The molecule has 0 aliphatic rings. The molecule has 0 unspecified atom stereocenters. The molecule has 0 aliphatic carbocycles. The molecular formula is C17H20ClNO16P2. The van der Waals surface area contributed by atoms with E-state index in [1.807, 2.05) is 0 Å². The van der Waals surface area contributed by atoms with Crippen molar-refractivity contribution in [2.45, 2.75) is 6.92 Å². The van der Waals surface area contributed by atoms with Gasteiger partial charge in [0.15, 0.2) is 11.3 Å². The van der Waals surface area contributed by atoms with Crippen LogP contribution in [0.4, 0.5) is 5.69 Å². The zero-order valence-corrected chi connectivity index (χ0v) is 21.4. The smallest absolute Gasteiger partial charge is 0.478 e. The van der Waals surface area contributed by atoms with Crippen molar-refractivity contribution in [3.63, 3.8) is 0 Å². The monoisotopic (exact) mass is 591 g/mol. The van der Waals surface area contributed by atoms with Gasteiger partial charge in [-0.3, -0.25) is 10.1 Å². The number of phosphoric acid groups is 2. The Labute approximate surface area is 212 Å². The fourth-order valence-corrected chi connectivity index (χ4v) is 3.69. The van der Waals surface area contributed by atoms with Crippen molar-refractivity contribution in [1.29, 1.82) is 0 Å². The average Bonchev–Trinajstić information content (AvgIpc) is 2.72. The number of halogens is 1. The Balaban J connectivity index is 0.000000561. The first-order valence-corrected chi connectivity index (χ1v) is 12.4. The number of rotatable bonds is 7. The predicted molar refractivity (Wildman–Crippen MR) is 123 cm³/mol. The highest BCUT2D eigenvalue weighted by Crippen LogP contribution is 2.53. The summed E-state index contributed by atoms with van der Waals surface area (Å²) in [6.07, 6.45) is 0. The number of hydrogen-bond donors (Lipinski definition) is 7. The van der Waals surface area contributed by atoms with Gasteiger partial charge in [-0.2, -0.15) is 4.31 Å². The fourth-order valence-electron chi connectivity index (χ4n) is 2.31. The summed E-state index contributed by atoms with van der Waals surface area (Å²) in [6, 6.07) is 5.59. The molecule has 0 fully saturated rings. The lowest BCUT2D eigenvalue weighted by atomic mass is 10.1. The number of phenols is 1. The van der Waals surface area contributed by atoms with Crippen LogP contribution in [0.25, 0.3) is 0 Å². The lowest BCUT2D eigenvalue weighted by molar-refractivity contribution is -0.385. The number of carboxylic acids is 2. The molecule has 0 bridgehead atoms. The largest absolute Gasteiger partial charge is 0.507 e. The molecule has 7 N–H and O–H groups in total. The van der Waals surface area contributed by atoms with Crippen LogP contribution in [0.2, 0.25) is 5.02 Å². The number of carboxylic acid groups (broad SMARTS) is 2. The summed E-state index contributed by atoms with van der Waals surface area (Å²) >= 11 is 5.70. The Kier molecular flexibility index (Phi) is 12.7. The third-order valence-electron chi connectivity index (χ3n) is 3.67. The molecular weight excluding hydrogens is 572 g/mol.